The summed E-state index contributed by atoms with van der Waals surface area (Å²) < 4.78 is 0. The summed E-state index contributed by atoms with van der Waals surface area (Å²) >= 11 is 5.89. The maximum absolute atomic E-state index is 13.3. The first-order chi connectivity index (χ1) is 15.9. The first-order valence-corrected chi connectivity index (χ1v) is 11.0. The van der Waals surface area contributed by atoms with E-state index in [-0.39, 0.29) is 12.5 Å². The minimum atomic E-state index is -0.979. The van der Waals surface area contributed by atoms with Crippen molar-refractivity contribution in [1.82, 2.24) is 10.6 Å². The molecule has 4 rings (SSSR count). The highest BCUT2D eigenvalue weighted by Crippen LogP contribution is 2.39. The monoisotopic (exact) mass is 461 g/mol. The van der Waals surface area contributed by atoms with Crippen LogP contribution in [0.25, 0.3) is 11.1 Å². The fourth-order valence-corrected chi connectivity index (χ4v) is 4.03. The molecular formula is C26H24ClN3O3. The van der Waals surface area contributed by atoms with Gasteiger partial charge in [0.05, 0.1) is 5.69 Å². The average molecular weight is 462 g/mol. The van der Waals surface area contributed by atoms with Gasteiger partial charge in [-0.15, -0.1) is 0 Å². The van der Waals surface area contributed by atoms with Crippen LogP contribution in [0.1, 0.15) is 24.1 Å². The number of amides is 3. The van der Waals surface area contributed by atoms with Crippen LogP contribution in [-0.2, 0) is 20.9 Å². The standard InChI is InChI=1S/C26H24ClN3O3/c1-16(24(31)28-15-17-11-13-18(27)14-12-17)25(32)29-23-21-9-4-3-7-19(21)20-8-5-6-10-22(20)30(2)26(23)33/h3-14,16,23H,15H2,1-2H3,(H,28,31)(H,29,32)/t16-,23-/m1/s1. The van der Waals surface area contributed by atoms with Gasteiger partial charge in [-0.25, -0.2) is 0 Å². The van der Waals surface area contributed by atoms with Gasteiger partial charge in [0, 0.05) is 24.2 Å². The van der Waals surface area contributed by atoms with E-state index in [9.17, 15) is 14.4 Å². The zero-order valence-corrected chi connectivity index (χ0v) is 19.1. The highest BCUT2D eigenvalue weighted by molar-refractivity contribution is 6.30. The minimum Gasteiger partial charge on any atom is -0.351 e. The van der Waals surface area contributed by atoms with Crippen LogP contribution < -0.4 is 15.5 Å². The number of fused-ring (bicyclic) bond motifs is 3. The molecule has 33 heavy (non-hydrogen) atoms. The van der Waals surface area contributed by atoms with Crippen LogP contribution in [-0.4, -0.2) is 24.8 Å². The maximum atomic E-state index is 13.3. The number of benzene rings is 3. The highest BCUT2D eigenvalue weighted by Gasteiger charge is 2.34. The molecule has 3 aromatic carbocycles. The molecule has 0 fully saturated rings. The summed E-state index contributed by atoms with van der Waals surface area (Å²) in [6.45, 7) is 1.80. The molecule has 7 heteroatoms. The van der Waals surface area contributed by atoms with Crippen molar-refractivity contribution in [2.45, 2.75) is 19.5 Å². The molecule has 1 aliphatic heterocycles. The Labute approximate surface area is 197 Å². The lowest BCUT2D eigenvalue weighted by Gasteiger charge is -2.24. The number of nitrogens with one attached hydrogen (secondary N) is 2. The Morgan fingerprint density at radius 3 is 2.30 bits per heavy atom. The van der Waals surface area contributed by atoms with Crippen molar-refractivity contribution in [2.24, 2.45) is 5.92 Å². The van der Waals surface area contributed by atoms with Crippen LogP contribution in [0, 0.1) is 5.92 Å². The summed E-state index contributed by atoms with van der Waals surface area (Å²) in [6.07, 6.45) is 0. The number of para-hydroxylation sites is 1. The predicted octanol–water partition coefficient (Wildman–Crippen LogP) is 4.09. The molecule has 0 bridgehead atoms. The van der Waals surface area contributed by atoms with Gasteiger partial charge >= 0.3 is 0 Å². The number of anilines is 1. The maximum Gasteiger partial charge on any atom is 0.253 e. The summed E-state index contributed by atoms with van der Waals surface area (Å²) in [5, 5.41) is 6.18. The molecule has 0 saturated heterocycles. The summed E-state index contributed by atoms with van der Waals surface area (Å²) in [5.74, 6) is -2.19. The van der Waals surface area contributed by atoms with Crippen molar-refractivity contribution in [3.63, 3.8) is 0 Å². The van der Waals surface area contributed by atoms with Crippen LogP contribution in [0.5, 0.6) is 0 Å². The fourth-order valence-electron chi connectivity index (χ4n) is 3.90. The Morgan fingerprint density at radius 2 is 1.58 bits per heavy atom. The molecule has 6 nitrogen and oxygen atoms in total. The van der Waals surface area contributed by atoms with E-state index in [1.165, 1.54) is 6.92 Å². The Kier molecular flexibility index (Phi) is 6.47. The van der Waals surface area contributed by atoms with Crippen molar-refractivity contribution < 1.29 is 14.4 Å². The van der Waals surface area contributed by atoms with E-state index in [0.29, 0.717) is 10.6 Å². The van der Waals surface area contributed by atoms with Crippen LogP contribution in [0.4, 0.5) is 5.69 Å². The second-order valence-corrected chi connectivity index (χ2v) is 8.45. The molecule has 0 aromatic heterocycles. The highest BCUT2D eigenvalue weighted by atomic mass is 35.5. The molecule has 168 valence electrons. The molecule has 2 atom stereocenters. The Bertz CT molecular complexity index is 1210. The molecule has 0 saturated carbocycles. The van der Waals surface area contributed by atoms with Gasteiger partial charge in [-0.05, 0) is 41.8 Å². The molecule has 0 unspecified atom stereocenters. The zero-order chi connectivity index (χ0) is 23.5. The second kappa shape index (κ2) is 9.46. The first-order valence-electron chi connectivity index (χ1n) is 10.6. The molecular weight excluding hydrogens is 438 g/mol. The Hall–Kier alpha value is -3.64. The molecule has 0 aliphatic carbocycles. The van der Waals surface area contributed by atoms with Crippen LogP contribution in [0.2, 0.25) is 5.02 Å². The van der Waals surface area contributed by atoms with Crippen molar-refractivity contribution in [1.29, 1.82) is 0 Å². The molecule has 3 amide bonds. The number of hydrogen-bond donors (Lipinski definition) is 2. The molecule has 0 radical (unpaired) electrons. The van der Waals surface area contributed by atoms with Gasteiger partial charge in [-0.3, -0.25) is 14.4 Å². The fraction of sp³-hybridized carbons (Fsp3) is 0.192. The van der Waals surface area contributed by atoms with Gasteiger partial charge in [0.2, 0.25) is 11.8 Å². The quantitative estimate of drug-likeness (QED) is 0.562. The van der Waals surface area contributed by atoms with Gasteiger partial charge in [-0.2, -0.15) is 0 Å². The van der Waals surface area contributed by atoms with E-state index < -0.39 is 23.8 Å². The predicted molar refractivity (Wildman–Crippen MR) is 129 cm³/mol. The number of carbonyl (C=O) groups excluding carboxylic acids is 3. The van der Waals surface area contributed by atoms with Crippen LogP contribution in [0.15, 0.2) is 72.8 Å². The third kappa shape index (κ3) is 4.61. The molecule has 1 aliphatic rings. The van der Waals surface area contributed by atoms with E-state index >= 15 is 0 Å². The van der Waals surface area contributed by atoms with Gasteiger partial charge in [0.15, 0.2) is 0 Å². The van der Waals surface area contributed by atoms with Gasteiger partial charge < -0.3 is 15.5 Å². The summed E-state index contributed by atoms with van der Waals surface area (Å²) in [4.78, 5) is 40.5. The number of halogens is 1. The van der Waals surface area contributed by atoms with Crippen molar-refractivity contribution in [2.75, 3.05) is 11.9 Å². The van der Waals surface area contributed by atoms with Crippen molar-refractivity contribution in [3.8, 4) is 11.1 Å². The SMILES string of the molecule is C[C@H](C(=O)NCc1ccc(Cl)cc1)C(=O)N[C@H]1C(=O)N(C)c2ccccc2-c2ccccc21. The van der Waals surface area contributed by atoms with Gasteiger partial charge in [0.25, 0.3) is 5.91 Å². The van der Waals surface area contributed by atoms with Gasteiger partial charge in [-0.1, -0.05) is 66.2 Å². The lowest BCUT2D eigenvalue weighted by Crippen LogP contribution is -2.45. The van der Waals surface area contributed by atoms with Crippen molar-refractivity contribution in [3.05, 3.63) is 88.9 Å². The third-order valence-corrected chi connectivity index (χ3v) is 6.11. The van der Waals surface area contributed by atoms with Crippen LogP contribution >= 0.6 is 11.6 Å². The number of likely N-dealkylation sites (N-methyl/N-ethyl adjacent to an activating group) is 1. The molecule has 0 spiro atoms. The molecule has 2 N–H and O–H groups in total. The summed E-state index contributed by atoms with van der Waals surface area (Å²) in [5.41, 5.74) is 4.11. The molecule has 1 heterocycles. The smallest absolute Gasteiger partial charge is 0.253 e. The van der Waals surface area contributed by atoms with Crippen molar-refractivity contribution >= 4 is 35.0 Å². The summed E-state index contributed by atoms with van der Waals surface area (Å²) in [6, 6.07) is 21.3. The van der Waals surface area contributed by atoms with E-state index in [4.69, 9.17) is 11.6 Å². The minimum absolute atomic E-state index is 0.269. The zero-order valence-electron chi connectivity index (χ0n) is 18.3. The first kappa shape index (κ1) is 22.6. The normalized spacial score (nSPS) is 15.7. The largest absolute Gasteiger partial charge is 0.351 e. The average Bonchev–Trinajstić information content (AvgIpc) is 2.93. The number of carbonyl (C=O) groups is 3. The summed E-state index contributed by atoms with van der Waals surface area (Å²) in [7, 11) is 1.69. The van der Waals surface area contributed by atoms with Crippen LogP contribution in [0.3, 0.4) is 0 Å². The number of nitrogens with zero attached hydrogens (tertiary/aromatic N) is 1. The van der Waals surface area contributed by atoms with E-state index in [1.54, 1.807) is 24.1 Å². The number of hydrogen-bond acceptors (Lipinski definition) is 3. The van der Waals surface area contributed by atoms with E-state index in [0.717, 1.165) is 22.4 Å². The molecule has 3 aromatic rings. The Morgan fingerprint density at radius 1 is 0.939 bits per heavy atom. The van der Waals surface area contributed by atoms with E-state index in [1.807, 2.05) is 60.7 Å². The number of rotatable bonds is 5. The topological polar surface area (TPSA) is 78.5 Å². The Balaban J connectivity index is 1.52. The second-order valence-electron chi connectivity index (χ2n) is 8.01. The lowest BCUT2D eigenvalue weighted by atomic mass is 9.95. The lowest BCUT2D eigenvalue weighted by molar-refractivity contribution is -0.136. The van der Waals surface area contributed by atoms with Gasteiger partial charge in [0.1, 0.15) is 12.0 Å². The van der Waals surface area contributed by atoms with E-state index in [2.05, 4.69) is 10.6 Å². The third-order valence-electron chi connectivity index (χ3n) is 5.86.